The number of hydrogen-bond acceptors (Lipinski definition) is 5. The van der Waals surface area contributed by atoms with Gasteiger partial charge in [-0.3, -0.25) is 0 Å². The van der Waals surface area contributed by atoms with Gasteiger partial charge in [0.05, 0.1) is 22.8 Å². The second-order valence-electron chi connectivity index (χ2n) is 5.03. The molecule has 1 fully saturated rings. The number of nitrogens with zero attached hydrogens (tertiary/aromatic N) is 1. The highest BCUT2D eigenvalue weighted by Gasteiger charge is 2.28. The summed E-state index contributed by atoms with van der Waals surface area (Å²) in [7, 11) is -3.50. The zero-order chi connectivity index (χ0) is 15.3. The number of halogens is 1. The number of ether oxygens (including phenoxy) is 1. The van der Waals surface area contributed by atoms with E-state index in [1.807, 2.05) is 5.38 Å². The van der Waals surface area contributed by atoms with Gasteiger partial charge in [0, 0.05) is 25.1 Å². The minimum absolute atomic E-state index is 0.0880. The van der Waals surface area contributed by atoms with Crippen molar-refractivity contribution in [3.8, 4) is 6.07 Å². The van der Waals surface area contributed by atoms with Crippen LogP contribution < -0.4 is 4.72 Å². The van der Waals surface area contributed by atoms with Crippen molar-refractivity contribution in [2.45, 2.75) is 19.4 Å². The normalized spacial score (nSPS) is 18.3. The fraction of sp³-hybridized carbons (Fsp3) is 0.615. The Bertz CT molecular complexity index is 603. The van der Waals surface area contributed by atoms with Crippen molar-refractivity contribution >= 4 is 33.0 Å². The summed E-state index contributed by atoms with van der Waals surface area (Å²) in [5.74, 6) is -0.579. The van der Waals surface area contributed by atoms with Crippen LogP contribution in [0, 0.1) is 23.2 Å². The zero-order valence-corrected chi connectivity index (χ0v) is 13.8. The van der Waals surface area contributed by atoms with Crippen molar-refractivity contribution < 1.29 is 13.2 Å². The SMILES string of the molecule is N#CC(CS(=O)(=O)NCc1cscc1Cl)C1CCOCC1. The van der Waals surface area contributed by atoms with E-state index in [1.54, 1.807) is 5.38 Å². The van der Waals surface area contributed by atoms with Gasteiger partial charge in [-0.25, -0.2) is 13.1 Å². The number of rotatable bonds is 6. The number of sulfonamides is 1. The highest BCUT2D eigenvalue weighted by molar-refractivity contribution is 7.89. The Labute approximate surface area is 133 Å². The van der Waals surface area contributed by atoms with Crippen molar-refractivity contribution in [1.29, 1.82) is 5.26 Å². The van der Waals surface area contributed by atoms with Crippen molar-refractivity contribution in [3.05, 3.63) is 21.3 Å². The lowest BCUT2D eigenvalue weighted by Crippen LogP contribution is -2.33. The first-order valence-corrected chi connectivity index (χ1v) is 9.64. The van der Waals surface area contributed by atoms with Gasteiger partial charge in [-0.05, 0) is 29.7 Å². The summed E-state index contributed by atoms with van der Waals surface area (Å²) in [4.78, 5) is 0. The average molecular weight is 349 g/mol. The Hall–Kier alpha value is -0.650. The Morgan fingerprint density at radius 1 is 1.48 bits per heavy atom. The van der Waals surface area contributed by atoms with Crippen LogP contribution in [-0.2, 0) is 21.3 Å². The van der Waals surface area contributed by atoms with E-state index in [-0.39, 0.29) is 18.2 Å². The molecule has 8 heteroatoms. The average Bonchev–Trinajstić information content (AvgIpc) is 2.89. The minimum Gasteiger partial charge on any atom is -0.381 e. The fourth-order valence-electron chi connectivity index (χ4n) is 2.31. The molecule has 21 heavy (non-hydrogen) atoms. The molecule has 0 saturated carbocycles. The van der Waals surface area contributed by atoms with Crippen LogP contribution in [0.15, 0.2) is 10.8 Å². The molecule has 1 N–H and O–H groups in total. The molecular formula is C13H17ClN2O3S2. The zero-order valence-electron chi connectivity index (χ0n) is 11.4. The number of nitriles is 1. The minimum atomic E-state index is -3.50. The van der Waals surface area contributed by atoms with Crippen LogP contribution in [0.3, 0.4) is 0 Å². The molecule has 1 aliphatic rings. The summed E-state index contributed by atoms with van der Waals surface area (Å²) >= 11 is 7.36. The molecule has 0 amide bonds. The molecule has 1 unspecified atom stereocenters. The Morgan fingerprint density at radius 2 is 2.19 bits per heavy atom. The molecule has 0 bridgehead atoms. The Kier molecular flexibility index (Phi) is 6.02. The Morgan fingerprint density at radius 3 is 2.76 bits per heavy atom. The smallest absolute Gasteiger partial charge is 0.213 e. The van der Waals surface area contributed by atoms with Crippen LogP contribution in [0.4, 0.5) is 0 Å². The van der Waals surface area contributed by atoms with E-state index in [0.29, 0.717) is 18.2 Å². The maximum atomic E-state index is 12.1. The molecule has 0 aliphatic carbocycles. The van der Waals surface area contributed by atoms with Gasteiger partial charge in [0.25, 0.3) is 0 Å². The van der Waals surface area contributed by atoms with Gasteiger partial charge in [-0.2, -0.15) is 16.6 Å². The summed E-state index contributed by atoms with van der Waals surface area (Å²) in [5, 5.41) is 13.4. The van der Waals surface area contributed by atoms with Crippen molar-refractivity contribution in [3.63, 3.8) is 0 Å². The van der Waals surface area contributed by atoms with Gasteiger partial charge < -0.3 is 4.74 Å². The van der Waals surface area contributed by atoms with Crippen molar-refractivity contribution in [2.75, 3.05) is 19.0 Å². The summed E-state index contributed by atoms with van der Waals surface area (Å²) in [6.07, 6.45) is 1.48. The summed E-state index contributed by atoms with van der Waals surface area (Å²) < 4.78 is 32.0. The van der Waals surface area contributed by atoms with E-state index in [4.69, 9.17) is 16.3 Å². The largest absolute Gasteiger partial charge is 0.381 e. The van der Waals surface area contributed by atoms with E-state index in [2.05, 4.69) is 10.8 Å². The lowest BCUT2D eigenvalue weighted by atomic mass is 9.88. The molecule has 0 radical (unpaired) electrons. The molecular weight excluding hydrogens is 332 g/mol. The topological polar surface area (TPSA) is 79.2 Å². The number of thiophene rings is 1. The third kappa shape index (κ3) is 4.94. The van der Waals surface area contributed by atoms with Crippen LogP contribution in [0.2, 0.25) is 5.02 Å². The molecule has 5 nitrogen and oxygen atoms in total. The van der Waals surface area contributed by atoms with Gasteiger partial charge in [-0.15, -0.1) is 0 Å². The predicted molar refractivity (Wildman–Crippen MR) is 82.6 cm³/mol. The first kappa shape index (κ1) is 16.7. The molecule has 0 aromatic carbocycles. The van der Waals surface area contributed by atoms with E-state index in [1.165, 1.54) is 11.3 Å². The summed E-state index contributed by atoms with van der Waals surface area (Å²) in [6.45, 7) is 1.36. The maximum absolute atomic E-state index is 12.1. The third-order valence-corrected chi connectivity index (χ3v) is 6.23. The second kappa shape index (κ2) is 7.56. The summed E-state index contributed by atoms with van der Waals surface area (Å²) in [5.41, 5.74) is 0.754. The standard InChI is InChI=1S/C13H17ClN2O3S2/c14-13-8-20-7-12(13)6-16-21(17,18)9-11(5-15)10-1-3-19-4-2-10/h7-8,10-11,16H,1-4,6,9H2. The molecule has 1 atom stereocenters. The van der Waals surface area contributed by atoms with Crippen LogP contribution in [-0.4, -0.2) is 27.4 Å². The van der Waals surface area contributed by atoms with E-state index in [9.17, 15) is 13.7 Å². The first-order chi connectivity index (χ1) is 10.0. The van der Waals surface area contributed by atoms with Crippen LogP contribution in [0.5, 0.6) is 0 Å². The highest BCUT2D eigenvalue weighted by Crippen LogP contribution is 2.25. The Balaban J connectivity index is 1.92. The lowest BCUT2D eigenvalue weighted by Gasteiger charge is -2.25. The van der Waals surface area contributed by atoms with E-state index in [0.717, 1.165) is 18.4 Å². The predicted octanol–water partition coefficient (Wildman–Crippen LogP) is 2.39. The van der Waals surface area contributed by atoms with Gasteiger partial charge in [0.2, 0.25) is 10.0 Å². The van der Waals surface area contributed by atoms with Gasteiger partial charge in [0.15, 0.2) is 0 Å². The molecule has 2 rings (SSSR count). The van der Waals surface area contributed by atoms with Crippen LogP contribution >= 0.6 is 22.9 Å². The fourth-order valence-corrected chi connectivity index (χ4v) is 4.68. The maximum Gasteiger partial charge on any atom is 0.213 e. The van der Waals surface area contributed by atoms with Crippen molar-refractivity contribution in [2.24, 2.45) is 11.8 Å². The quantitative estimate of drug-likeness (QED) is 0.856. The van der Waals surface area contributed by atoms with E-state index >= 15 is 0 Å². The summed E-state index contributed by atoms with van der Waals surface area (Å²) in [6, 6.07) is 2.13. The third-order valence-electron chi connectivity index (χ3n) is 3.57. The number of hydrogen-bond donors (Lipinski definition) is 1. The highest BCUT2D eigenvalue weighted by atomic mass is 35.5. The molecule has 1 aromatic rings. The molecule has 1 aliphatic heterocycles. The molecule has 1 saturated heterocycles. The van der Waals surface area contributed by atoms with Gasteiger partial charge in [-0.1, -0.05) is 11.6 Å². The molecule has 2 heterocycles. The molecule has 116 valence electrons. The molecule has 1 aromatic heterocycles. The van der Waals surface area contributed by atoms with Crippen LogP contribution in [0.25, 0.3) is 0 Å². The molecule has 0 spiro atoms. The van der Waals surface area contributed by atoms with Gasteiger partial charge >= 0.3 is 0 Å². The monoisotopic (exact) mass is 348 g/mol. The van der Waals surface area contributed by atoms with E-state index < -0.39 is 15.9 Å². The first-order valence-electron chi connectivity index (χ1n) is 6.67. The van der Waals surface area contributed by atoms with Gasteiger partial charge in [0.1, 0.15) is 0 Å². The second-order valence-corrected chi connectivity index (χ2v) is 8.04. The van der Waals surface area contributed by atoms with Crippen LogP contribution in [0.1, 0.15) is 18.4 Å². The lowest BCUT2D eigenvalue weighted by molar-refractivity contribution is 0.0572. The van der Waals surface area contributed by atoms with Crippen molar-refractivity contribution in [1.82, 2.24) is 4.72 Å². The number of nitrogens with one attached hydrogen (secondary N) is 1.